The lowest BCUT2D eigenvalue weighted by Crippen LogP contribution is -2.43. The highest BCUT2D eigenvalue weighted by Gasteiger charge is 2.51. The van der Waals surface area contributed by atoms with E-state index in [9.17, 15) is 14.0 Å². The first-order valence-electron chi connectivity index (χ1n) is 11.4. The molecule has 3 aliphatic heterocycles. The van der Waals surface area contributed by atoms with Gasteiger partial charge in [0.2, 0.25) is 5.91 Å². The summed E-state index contributed by atoms with van der Waals surface area (Å²) < 4.78 is 24.7. The minimum Gasteiger partial charge on any atom is -0.379 e. The normalized spacial score (nSPS) is 24.8. The highest BCUT2D eigenvalue weighted by Crippen LogP contribution is 2.47. The number of fused-ring (bicyclic) bond motifs is 2. The lowest BCUT2D eigenvalue weighted by Gasteiger charge is -2.26. The first kappa shape index (κ1) is 22.0. The largest absolute Gasteiger partial charge is 0.379 e. The number of ether oxygens (including phenoxy) is 2. The summed E-state index contributed by atoms with van der Waals surface area (Å²) in [6, 6.07) is 13.4. The zero-order valence-electron chi connectivity index (χ0n) is 18.5. The molecule has 2 aromatic rings. The number of anilines is 1. The Bertz CT molecular complexity index is 1020. The number of halogens is 1. The van der Waals surface area contributed by atoms with Crippen molar-refractivity contribution >= 4 is 17.5 Å². The van der Waals surface area contributed by atoms with Crippen LogP contribution in [0.3, 0.4) is 0 Å². The Balaban J connectivity index is 1.26. The zero-order valence-corrected chi connectivity index (χ0v) is 18.5. The number of rotatable bonds is 5. The number of benzene rings is 2. The van der Waals surface area contributed by atoms with Crippen molar-refractivity contribution < 1.29 is 23.5 Å². The Kier molecular flexibility index (Phi) is 6.14. The Morgan fingerprint density at radius 2 is 1.85 bits per heavy atom. The smallest absolute Gasteiger partial charge is 0.258 e. The van der Waals surface area contributed by atoms with E-state index in [2.05, 4.69) is 10.2 Å². The quantitative estimate of drug-likeness (QED) is 0.750. The van der Waals surface area contributed by atoms with Gasteiger partial charge in [-0.2, -0.15) is 0 Å². The zero-order chi connectivity index (χ0) is 22.8. The summed E-state index contributed by atoms with van der Waals surface area (Å²) >= 11 is 0. The Morgan fingerprint density at radius 3 is 2.64 bits per heavy atom. The van der Waals surface area contributed by atoms with Gasteiger partial charge in [-0.05, 0) is 42.3 Å². The summed E-state index contributed by atoms with van der Waals surface area (Å²) in [5.74, 6) is -0.671. The fraction of sp³-hybridized carbons (Fsp3) is 0.440. The minimum absolute atomic E-state index is 0.110. The van der Waals surface area contributed by atoms with E-state index in [0.29, 0.717) is 31.7 Å². The van der Waals surface area contributed by atoms with Gasteiger partial charge in [0.1, 0.15) is 11.9 Å². The number of amides is 2. The average Bonchev–Trinajstić information content (AvgIpc) is 3.42. The summed E-state index contributed by atoms with van der Waals surface area (Å²) in [5, 5.41) is 3.00. The molecule has 5 rings (SSSR count). The first-order chi connectivity index (χ1) is 16.1. The van der Waals surface area contributed by atoms with E-state index in [-0.39, 0.29) is 17.6 Å². The van der Waals surface area contributed by atoms with E-state index < -0.39 is 11.5 Å². The number of para-hydroxylation sites is 1. The van der Waals surface area contributed by atoms with Crippen LogP contribution >= 0.6 is 0 Å². The number of carbonyl (C=O) groups excluding carboxylic acids is 2. The summed E-state index contributed by atoms with van der Waals surface area (Å²) in [6.07, 6.45) is -0.0377. The lowest BCUT2D eigenvalue weighted by atomic mass is 9.80. The van der Waals surface area contributed by atoms with Gasteiger partial charge in [0.15, 0.2) is 0 Å². The minimum atomic E-state index is -0.552. The molecule has 0 saturated carbocycles. The number of nitrogens with one attached hydrogen (secondary N) is 1. The molecule has 2 aromatic carbocycles. The summed E-state index contributed by atoms with van der Waals surface area (Å²) in [6.45, 7) is 5.39. The van der Waals surface area contributed by atoms with Crippen molar-refractivity contribution in [2.24, 2.45) is 0 Å². The highest BCUT2D eigenvalue weighted by atomic mass is 19.1. The molecule has 3 heterocycles. The SMILES string of the molecule is O=C(NCCN1CCOCC1)[C@H]1C[C@]2(CO1)CN(C(=O)c1ccc(F)cc1)c1ccccc12. The Labute approximate surface area is 192 Å². The van der Waals surface area contributed by atoms with E-state index in [0.717, 1.165) is 44.1 Å². The van der Waals surface area contributed by atoms with E-state index in [1.807, 2.05) is 24.3 Å². The predicted octanol–water partition coefficient (Wildman–Crippen LogP) is 1.96. The van der Waals surface area contributed by atoms with Gasteiger partial charge in [0, 0.05) is 49.4 Å². The molecule has 8 heteroatoms. The van der Waals surface area contributed by atoms with Gasteiger partial charge in [0.25, 0.3) is 5.91 Å². The van der Waals surface area contributed by atoms with Crippen LogP contribution in [0.4, 0.5) is 10.1 Å². The maximum Gasteiger partial charge on any atom is 0.258 e. The highest BCUT2D eigenvalue weighted by molar-refractivity contribution is 6.07. The second-order valence-corrected chi connectivity index (χ2v) is 8.94. The van der Waals surface area contributed by atoms with Crippen LogP contribution in [0.25, 0.3) is 0 Å². The monoisotopic (exact) mass is 453 g/mol. The van der Waals surface area contributed by atoms with Gasteiger partial charge in [-0.15, -0.1) is 0 Å². The molecule has 174 valence electrons. The van der Waals surface area contributed by atoms with Crippen LogP contribution in [0.1, 0.15) is 22.3 Å². The number of nitrogens with zero attached hydrogens (tertiary/aromatic N) is 2. The second kappa shape index (κ2) is 9.21. The molecule has 0 bridgehead atoms. The molecule has 1 spiro atoms. The third kappa shape index (κ3) is 4.38. The van der Waals surface area contributed by atoms with Gasteiger partial charge in [-0.1, -0.05) is 18.2 Å². The standard InChI is InChI=1S/C25H28FN3O4/c26-19-7-5-18(6-8-19)24(31)29-16-25(20-3-1-2-4-21(20)29)15-22(33-17-25)23(30)27-9-10-28-11-13-32-14-12-28/h1-8,22H,9-17H2,(H,27,30)/t22-,25-/m1/s1. The van der Waals surface area contributed by atoms with Gasteiger partial charge in [0.05, 0.1) is 19.8 Å². The van der Waals surface area contributed by atoms with E-state index >= 15 is 0 Å². The fourth-order valence-electron chi connectivity index (χ4n) is 5.03. The van der Waals surface area contributed by atoms with Crippen molar-refractivity contribution in [2.45, 2.75) is 17.9 Å². The molecule has 0 radical (unpaired) electrons. The van der Waals surface area contributed by atoms with Crippen molar-refractivity contribution in [2.75, 3.05) is 57.4 Å². The molecule has 0 unspecified atom stereocenters. The molecule has 1 N–H and O–H groups in total. The van der Waals surface area contributed by atoms with E-state index in [4.69, 9.17) is 9.47 Å². The summed E-state index contributed by atoms with van der Waals surface area (Å²) in [7, 11) is 0. The van der Waals surface area contributed by atoms with E-state index in [1.54, 1.807) is 4.90 Å². The van der Waals surface area contributed by atoms with Crippen molar-refractivity contribution in [3.63, 3.8) is 0 Å². The number of morpholine rings is 1. The average molecular weight is 454 g/mol. The molecule has 2 fully saturated rings. The molecule has 2 amide bonds. The van der Waals surface area contributed by atoms with Crippen LogP contribution in [-0.4, -0.2) is 75.4 Å². The van der Waals surface area contributed by atoms with Gasteiger partial charge >= 0.3 is 0 Å². The number of hydrogen-bond donors (Lipinski definition) is 1. The van der Waals surface area contributed by atoms with Crippen LogP contribution in [0, 0.1) is 5.82 Å². The van der Waals surface area contributed by atoms with Crippen LogP contribution in [-0.2, 0) is 19.7 Å². The molecule has 7 nitrogen and oxygen atoms in total. The topological polar surface area (TPSA) is 71.1 Å². The second-order valence-electron chi connectivity index (χ2n) is 8.94. The molecular formula is C25H28FN3O4. The number of hydrogen-bond acceptors (Lipinski definition) is 5. The molecule has 0 aliphatic carbocycles. The van der Waals surface area contributed by atoms with Crippen LogP contribution in [0.2, 0.25) is 0 Å². The van der Waals surface area contributed by atoms with Crippen molar-refractivity contribution in [3.8, 4) is 0 Å². The van der Waals surface area contributed by atoms with Crippen LogP contribution in [0.15, 0.2) is 48.5 Å². The fourth-order valence-corrected chi connectivity index (χ4v) is 5.03. The molecule has 2 atom stereocenters. The molecule has 2 saturated heterocycles. The maximum absolute atomic E-state index is 13.3. The van der Waals surface area contributed by atoms with Crippen molar-refractivity contribution in [1.82, 2.24) is 10.2 Å². The molecule has 33 heavy (non-hydrogen) atoms. The number of carbonyl (C=O) groups is 2. The summed E-state index contributed by atoms with van der Waals surface area (Å²) in [4.78, 5) is 30.0. The van der Waals surface area contributed by atoms with Gasteiger partial charge in [-0.25, -0.2) is 4.39 Å². The van der Waals surface area contributed by atoms with E-state index in [1.165, 1.54) is 24.3 Å². The van der Waals surface area contributed by atoms with Crippen molar-refractivity contribution in [1.29, 1.82) is 0 Å². The van der Waals surface area contributed by atoms with Gasteiger partial charge < -0.3 is 19.7 Å². The Hall–Kier alpha value is -2.81. The first-order valence-corrected chi connectivity index (χ1v) is 11.4. The van der Waals surface area contributed by atoms with Crippen molar-refractivity contribution in [3.05, 3.63) is 65.5 Å². The predicted molar refractivity (Wildman–Crippen MR) is 121 cm³/mol. The van der Waals surface area contributed by atoms with Crippen LogP contribution in [0.5, 0.6) is 0 Å². The Morgan fingerprint density at radius 1 is 1.09 bits per heavy atom. The van der Waals surface area contributed by atoms with Gasteiger partial charge in [-0.3, -0.25) is 14.5 Å². The molecule has 3 aliphatic rings. The van der Waals surface area contributed by atoms with Crippen LogP contribution < -0.4 is 10.2 Å². The third-order valence-corrected chi connectivity index (χ3v) is 6.82. The third-order valence-electron chi connectivity index (χ3n) is 6.82. The summed E-state index contributed by atoms with van der Waals surface area (Å²) in [5.41, 5.74) is 1.84. The molecular weight excluding hydrogens is 425 g/mol. The lowest BCUT2D eigenvalue weighted by molar-refractivity contribution is -0.130. The molecule has 0 aromatic heterocycles. The maximum atomic E-state index is 13.3.